The van der Waals surface area contributed by atoms with E-state index in [2.05, 4.69) is 16.0 Å². The molecule has 23 heavy (non-hydrogen) atoms. The predicted octanol–water partition coefficient (Wildman–Crippen LogP) is 3.48. The lowest BCUT2D eigenvalue weighted by atomic mass is 10.2. The van der Waals surface area contributed by atoms with Gasteiger partial charge >= 0.3 is 0 Å². The maximum absolute atomic E-state index is 12.5. The van der Waals surface area contributed by atoms with Crippen LogP contribution in [0.5, 0.6) is 0 Å². The number of piperazine rings is 1. The van der Waals surface area contributed by atoms with Crippen molar-refractivity contribution in [2.75, 3.05) is 32.4 Å². The third-order valence-electron chi connectivity index (χ3n) is 3.83. The quantitative estimate of drug-likeness (QED) is 0.775. The molecule has 1 aliphatic rings. The summed E-state index contributed by atoms with van der Waals surface area (Å²) in [6.07, 6.45) is 1.97. The van der Waals surface area contributed by atoms with Crippen LogP contribution in [0.2, 0.25) is 5.02 Å². The minimum atomic E-state index is 0.0453. The van der Waals surface area contributed by atoms with Crippen LogP contribution >= 0.6 is 34.7 Å². The first-order valence-electron chi connectivity index (χ1n) is 7.41. The van der Waals surface area contributed by atoms with E-state index in [1.54, 1.807) is 11.8 Å². The number of carbonyl (C=O) groups excluding carboxylic acids is 1. The predicted molar refractivity (Wildman–Crippen MR) is 96.5 cm³/mol. The van der Waals surface area contributed by atoms with Gasteiger partial charge in [0.05, 0.1) is 0 Å². The van der Waals surface area contributed by atoms with Gasteiger partial charge in [-0.25, -0.2) is 4.98 Å². The molecule has 0 N–H and O–H groups in total. The highest BCUT2D eigenvalue weighted by molar-refractivity contribution is 8.00. The molecule has 1 amide bonds. The number of nitrogens with zero attached hydrogens (tertiary/aromatic N) is 3. The van der Waals surface area contributed by atoms with Gasteiger partial charge in [0.2, 0.25) is 0 Å². The minimum absolute atomic E-state index is 0.0453. The summed E-state index contributed by atoms with van der Waals surface area (Å²) >= 11 is 9.13. The second-order valence-corrected chi connectivity index (χ2v) is 7.75. The molecule has 0 radical (unpaired) electrons. The summed E-state index contributed by atoms with van der Waals surface area (Å²) in [5.41, 5.74) is 1.78. The Kier molecular flexibility index (Phi) is 5.58. The summed E-state index contributed by atoms with van der Waals surface area (Å²) in [6, 6.07) is 7.95. The maximum atomic E-state index is 12.5. The first kappa shape index (κ1) is 16.8. The third kappa shape index (κ3) is 4.26. The molecule has 1 aromatic carbocycles. The molecule has 1 aromatic heterocycles. The van der Waals surface area contributed by atoms with Crippen LogP contribution in [0.3, 0.4) is 0 Å². The minimum Gasteiger partial charge on any atom is -0.335 e. The van der Waals surface area contributed by atoms with Gasteiger partial charge in [-0.1, -0.05) is 35.5 Å². The Morgan fingerprint density at radius 3 is 2.78 bits per heavy atom. The summed E-state index contributed by atoms with van der Waals surface area (Å²) in [6.45, 7) is 4.10. The van der Waals surface area contributed by atoms with Gasteiger partial charge in [0, 0.05) is 43.1 Å². The van der Waals surface area contributed by atoms with E-state index in [0.717, 1.165) is 42.1 Å². The number of thiazole rings is 1. The van der Waals surface area contributed by atoms with Gasteiger partial charge in [0.1, 0.15) is 10.0 Å². The summed E-state index contributed by atoms with van der Waals surface area (Å²) in [5.74, 6) is 0.0453. The topological polar surface area (TPSA) is 36.4 Å². The molecule has 0 spiro atoms. The largest absolute Gasteiger partial charge is 0.335 e. The number of aromatic nitrogens is 1. The molecular formula is C16H18ClN3OS2. The molecule has 3 rings (SSSR count). The van der Waals surface area contributed by atoms with Crippen LogP contribution in [0, 0.1) is 0 Å². The van der Waals surface area contributed by atoms with E-state index >= 15 is 0 Å². The van der Waals surface area contributed by atoms with Crippen molar-refractivity contribution in [2.24, 2.45) is 0 Å². The van der Waals surface area contributed by atoms with Crippen molar-refractivity contribution >= 4 is 40.6 Å². The Hall–Kier alpha value is -1.08. The average Bonchev–Trinajstić information content (AvgIpc) is 3.04. The fraction of sp³-hybridized carbons (Fsp3) is 0.375. The highest BCUT2D eigenvalue weighted by Gasteiger charge is 2.23. The number of rotatable bonds is 4. The summed E-state index contributed by atoms with van der Waals surface area (Å²) < 4.78 is 0.938. The molecule has 1 aliphatic heterocycles. The van der Waals surface area contributed by atoms with E-state index in [1.165, 1.54) is 16.9 Å². The zero-order valence-electron chi connectivity index (χ0n) is 12.9. The Bertz CT molecular complexity index is 683. The molecule has 2 aromatic rings. The molecule has 2 heterocycles. The zero-order valence-corrected chi connectivity index (χ0v) is 15.3. The molecule has 0 unspecified atom stereocenters. The van der Waals surface area contributed by atoms with Gasteiger partial charge in [-0.3, -0.25) is 9.69 Å². The lowest BCUT2D eigenvalue weighted by Crippen LogP contribution is -2.48. The van der Waals surface area contributed by atoms with Gasteiger partial charge in [0.25, 0.3) is 5.91 Å². The summed E-state index contributed by atoms with van der Waals surface area (Å²) in [7, 11) is 0. The van der Waals surface area contributed by atoms with E-state index in [-0.39, 0.29) is 5.91 Å². The Morgan fingerprint density at radius 1 is 1.35 bits per heavy atom. The standard InChI is InChI=1S/C16H18ClN3OS2/c1-22-16-18-14(11-23-16)15(21)20-7-5-19(6-8-20)10-12-3-2-4-13(17)9-12/h2-4,9,11H,5-8,10H2,1H3. The van der Waals surface area contributed by atoms with E-state index in [4.69, 9.17) is 11.6 Å². The number of halogens is 1. The lowest BCUT2D eigenvalue weighted by molar-refractivity contribution is 0.0623. The number of benzene rings is 1. The number of thioether (sulfide) groups is 1. The normalized spacial score (nSPS) is 15.8. The van der Waals surface area contributed by atoms with Crippen molar-refractivity contribution in [3.8, 4) is 0 Å². The van der Waals surface area contributed by atoms with Crippen molar-refractivity contribution in [3.63, 3.8) is 0 Å². The number of hydrogen-bond donors (Lipinski definition) is 0. The molecule has 4 nitrogen and oxygen atoms in total. The van der Waals surface area contributed by atoms with Gasteiger partial charge in [-0.2, -0.15) is 0 Å². The summed E-state index contributed by atoms with van der Waals surface area (Å²) in [4.78, 5) is 21.1. The van der Waals surface area contributed by atoms with Gasteiger partial charge in [-0.15, -0.1) is 11.3 Å². The second kappa shape index (κ2) is 7.66. The Balaban J connectivity index is 1.54. The lowest BCUT2D eigenvalue weighted by Gasteiger charge is -2.34. The fourth-order valence-corrected chi connectivity index (χ4v) is 4.06. The van der Waals surface area contributed by atoms with Crippen LogP contribution in [0.1, 0.15) is 16.1 Å². The maximum Gasteiger partial charge on any atom is 0.273 e. The van der Waals surface area contributed by atoms with E-state index in [9.17, 15) is 4.79 Å². The van der Waals surface area contributed by atoms with Crippen LogP contribution in [0.4, 0.5) is 0 Å². The molecule has 0 bridgehead atoms. The van der Waals surface area contributed by atoms with Crippen molar-refractivity contribution in [1.29, 1.82) is 0 Å². The van der Waals surface area contributed by atoms with Crippen LogP contribution in [0.15, 0.2) is 34.0 Å². The number of hydrogen-bond acceptors (Lipinski definition) is 5. The summed E-state index contributed by atoms with van der Waals surface area (Å²) in [5, 5.41) is 2.62. The molecule has 0 atom stereocenters. The fourth-order valence-electron chi connectivity index (χ4n) is 2.61. The molecule has 1 fully saturated rings. The number of carbonyl (C=O) groups is 1. The van der Waals surface area contributed by atoms with Crippen molar-refractivity contribution in [2.45, 2.75) is 10.9 Å². The van der Waals surface area contributed by atoms with Crippen molar-refractivity contribution in [1.82, 2.24) is 14.8 Å². The SMILES string of the molecule is CSc1nc(C(=O)N2CCN(Cc3cccc(Cl)c3)CC2)cs1. The molecule has 7 heteroatoms. The average molecular weight is 368 g/mol. The van der Waals surface area contributed by atoms with Crippen LogP contribution in [-0.4, -0.2) is 53.1 Å². The monoisotopic (exact) mass is 367 g/mol. The molecule has 0 saturated carbocycles. The molecule has 122 valence electrons. The van der Waals surface area contributed by atoms with E-state index in [1.807, 2.05) is 34.7 Å². The molecular weight excluding hydrogens is 350 g/mol. The van der Waals surface area contributed by atoms with Crippen molar-refractivity contribution < 1.29 is 4.79 Å². The van der Waals surface area contributed by atoms with Gasteiger partial charge < -0.3 is 4.90 Å². The van der Waals surface area contributed by atoms with E-state index < -0.39 is 0 Å². The van der Waals surface area contributed by atoms with Crippen LogP contribution in [0.25, 0.3) is 0 Å². The van der Waals surface area contributed by atoms with Crippen LogP contribution < -0.4 is 0 Å². The molecule has 1 saturated heterocycles. The zero-order chi connectivity index (χ0) is 16.2. The van der Waals surface area contributed by atoms with Crippen molar-refractivity contribution in [3.05, 3.63) is 45.9 Å². The first-order valence-corrected chi connectivity index (χ1v) is 9.89. The number of amides is 1. The second-order valence-electron chi connectivity index (χ2n) is 5.40. The highest BCUT2D eigenvalue weighted by atomic mass is 35.5. The smallest absolute Gasteiger partial charge is 0.273 e. The van der Waals surface area contributed by atoms with E-state index in [0.29, 0.717) is 5.69 Å². The van der Waals surface area contributed by atoms with Gasteiger partial charge in [0.15, 0.2) is 0 Å². The Morgan fingerprint density at radius 2 is 2.13 bits per heavy atom. The molecule has 0 aliphatic carbocycles. The Labute approximate surface area is 149 Å². The van der Waals surface area contributed by atoms with Crippen LogP contribution in [-0.2, 0) is 6.54 Å². The third-order valence-corrected chi connectivity index (χ3v) is 5.93. The first-order chi connectivity index (χ1) is 11.2. The van der Waals surface area contributed by atoms with Gasteiger partial charge in [-0.05, 0) is 24.0 Å². The highest BCUT2D eigenvalue weighted by Crippen LogP contribution is 2.21.